The molecule has 2 unspecified atom stereocenters. The molecule has 1 aromatic rings. The number of likely N-dealkylation sites (tertiary alicyclic amines) is 2. The number of nitrogens with one attached hydrogen (secondary N) is 1. The highest BCUT2D eigenvalue weighted by Gasteiger charge is 2.48. The number of rotatable bonds is 4. The molecule has 0 bridgehead atoms. The van der Waals surface area contributed by atoms with Gasteiger partial charge in [0.2, 0.25) is 17.7 Å². The molecule has 3 amide bonds. The summed E-state index contributed by atoms with van der Waals surface area (Å²) in [5.74, 6) is -1.15. The van der Waals surface area contributed by atoms with Gasteiger partial charge in [-0.15, -0.1) is 0 Å². The van der Waals surface area contributed by atoms with Crippen molar-refractivity contribution in [1.82, 2.24) is 9.80 Å². The van der Waals surface area contributed by atoms with Crippen LogP contribution in [0, 0.1) is 17.7 Å². The van der Waals surface area contributed by atoms with Crippen molar-refractivity contribution in [3.05, 3.63) is 30.1 Å². The summed E-state index contributed by atoms with van der Waals surface area (Å²) in [5.41, 5.74) is 0.863. The van der Waals surface area contributed by atoms with Crippen molar-refractivity contribution >= 4 is 23.4 Å². The molecule has 7 heteroatoms. The number of hydrogen-bond donors (Lipinski definition) is 1. The Kier molecular flexibility index (Phi) is 5.33. The number of imide groups is 1. The minimum atomic E-state index is -0.267. The molecule has 28 heavy (non-hydrogen) atoms. The molecule has 1 saturated carbocycles. The Morgan fingerprint density at radius 2 is 1.54 bits per heavy atom. The predicted molar refractivity (Wildman–Crippen MR) is 102 cm³/mol. The lowest BCUT2D eigenvalue weighted by Gasteiger charge is -2.33. The maximum atomic E-state index is 13.0. The van der Waals surface area contributed by atoms with E-state index >= 15 is 0 Å². The number of anilines is 1. The van der Waals surface area contributed by atoms with Gasteiger partial charge in [-0.25, -0.2) is 4.39 Å². The van der Waals surface area contributed by atoms with Crippen molar-refractivity contribution in [3.8, 4) is 0 Å². The maximum Gasteiger partial charge on any atom is 0.242 e. The number of piperidine rings is 1. The van der Waals surface area contributed by atoms with E-state index in [1.165, 1.54) is 17.0 Å². The first-order valence-electron chi connectivity index (χ1n) is 10.2. The van der Waals surface area contributed by atoms with Gasteiger partial charge in [0.05, 0.1) is 11.8 Å². The first-order chi connectivity index (χ1) is 13.5. The third-order valence-electron chi connectivity index (χ3n) is 6.29. The lowest BCUT2D eigenvalue weighted by molar-refractivity contribution is -0.147. The first kappa shape index (κ1) is 18.9. The molecule has 1 aliphatic carbocycles. The fraction of sp³-hybridized carbons (Fsp3) is 0.571. The van der Waals surface area contributed by atoms with Crippen LogP contribution < -0.4 is 5.32 Å². The van der Waals surface area contributed by atoms with Crippen LogP contribution in [-0.2, 0) is 14.4 Å². The van der Waals surface area contributed by atoms with Gasteiger partial charge in [0.15, 0.2) is 0 Å². The maximum absolute atomic E-state index is 13.0. The highest BCUT2D eigenvalue weighted by atomic mass is 19.1. The predicted octanol–water partition coefficient (Wildman–Crippen LogP) is 2.40. The van der Waals surface area contributed by atoms with Crippen LogP contribution in [-0.4, -0.2) is 53.2 Å². The quantitative estimate of drug-likeness (QED) is 0.806. The zero-order chi connectivity index (χ0) is 19.7. The third kappa shape index (κ3) is 3.75. The molecule has 2 heterocycles. The molecule has 0 aromatic heterocycles. The van der Waals surface area contributed by atoms with Crippen LogP contribution in [0.15, 0.2) is 24.3 Å². The second-order valence-corrected chi connectivity index (χ2v) is 8.07. The highest BCUT2D eigenvalue weighted by Crippen LogP contribution is 2.37. The van der Waals surface area contributed by atoms with Crippen LogP contribution in [0.4, 0.5) is 10.1 Å². The van der Waals surface area contributed by atoms with Crippen molar-refractivity contribution < 1.29 is 18.8 Å². The van der Waals surface area contributed by atoms with Gasteiger partial charge in [0.25, 0.3) is 0 Å². The van der Waals surface area contributed by atoms with E-state index in [1.54, 1.807) is 17.0 Å². The van der Waals surface area contributed by atoms with E-state index in [2.05, 4.69) is 5.32 Å². The van der Waals surface area contributed by atoms with Crippen molar-refractivity contribution in [3.63, 3.8) is 0 Å². The third-order valence-corrected chi connectivity index (χ3v) is 6.29. The molecule has 6 nitrogen and oxygen atoms in total. The van der Waals surface area contributed by atoms with Gasteiger partial charge in [-0.1, -0.05) is 12.8 Å². The topological polar surface area (TPSA) is 69.7 Å². The van der Waals surface area contributed by atoms with E-state index in [0.717, 1.165) is 44.2 Å². The normalized spacial score (nSPS) is 25.8. The summed E-state index contributed by atoms with van der Waals surface area (Å²) in [5, 5.41) is 3.37. The largest absolute Gasteiger partial charge is 0.382 e. The smallest absolute Gasteiger partial charge is 0.242 e. The second kappa shape index (κ2) is 7.89. The van der Waals surface area contributed by atoms with E-state index in [-0.39, 0.29) is 48.0 Å². The minimum absolute atomic E-state index is 0.124. The van der Waals surface area contributed by atoms with Gasteiger partial charge in [-0.3, -0.25) is 19.3 Å². The standard InChI is InChI=1S/C21H26FN3O3/c22-14-5-7-15(8-6-14)23-16-9-11-24(12-10-16)19(26)13-25-20(27)17-3-1-2-4-18(17)21(25)28/h5-8,16-18,23H,1-4,9-13H2. The van der Waals surface area contributed by atoms with E-state index in [4.69, 9.17) is 0 Å². The first-order valence-corrected chi connectivity index (χ1v) is 10.2. The van der Waals surface area contributed by atoms with Gasteiger partial charge >= 0.3 is 0 Å². The molecular formula is C21H26FN3O3. The molecule has 0 spiro atoms. The van der Waals surface area contributed by atoms with E-state index in [0.29, 0.717) is 13.1 Å². The molecule has 3 aliphatic rings. The Balaban J connectivity index is 1.29. The molecular weight excluding hydrogens is 361 g/mol. The number of hydrogen-bond acceptors (Lipinski definition) is 4. The minimum Gasteiger partial charge on any atom is -0.382 e. The Hall–Kier alpha value is -2.44. The molecule has 2 saturated heterocycles. The van der Waals surface area contributed by atoms with Crippen molar-refractivity contribution in [1.29, 1.82) is 0 Å². The Labute approximate surface area is 164 Å². The van der Waals surface area contributed by atoms with Crippen molar-refractivity contribution in [2.24, 2.45) is 11.8 Å². The summed E-state index contributed by atoms with van der Waals surface area (Å²) in [7, 11) is 0. The number of halogens is 1. The number of carbonyl (C=O) groups excluding carboxylic acids is 3. The highest BCUT2D eigenvalue weighted by molar-refractivity contribution is 6.07. The van der Waals surface area contributed by atoms with E-state index < -0.39 is 0 Å². The number of carbonyl (C=O) groups is 3. The van der Waals surface area contributed by atoms with Crippen LogP contribution in [0.1, 0.15) is 38.5 Å². The van der Waals surface area contributed by atoms with Gasteiger partial charge in [-0.05, 0) is 49.9 Å². The summed E-state index contributed by atoms with van der Waals surface area (Å²) in [4.78, 5) is 40.7. The average molecular weight is 387 g/mol. The molecule has 3 fully saturated rings. The zero-order valence-electron chi connectivity index (χ0n) is 15.9. The van der Waals surface area contributed by atoms with Gasteiger partial charge in [0, 0.05) is 24.8 Å². The fourth-order valence-corrected chi connectivity index (χ4v) is 4.68. The van der Waals surface area contributed by atoms with Crippen LogP contribution in [0.3, 0.4) is 0 Å². The Morgan fingerprint density at radius 1 is 0.964 bits per heavy atom. The van der Waals surface area contributed by atoms with Crippen LogP contribution in [0.2, 0.25) is 0 Å². The summed E-state index contributed by atoms with van der Waals surface area (Å²) in [6.45, 7) is 1.04. The summed E-state index contributed by atoms with van der Waals surface area (Å²) < 4.78 is 13.0. The van der Waals surface area contributed by atoms with Crippen molar-refractivity contribution in [2.75, 3.05) is 25.0 Å². The second-order valence-electron chi connectivity index (χ2n) is 8.07. The van der Waals surface area contributed by atoms with Gasteiger partial charge < -0.3 is 10.2 Å². The Bertz CT molecular complexity index is 735. The lowest BCUT2D eigenvalue weighted by Crippen LogP contribution is -2.47. The molecule has 1 N–H and O–H groups in total. The van der Waals surface area contributed by atoms with E-state index in [1.807, 2.05) is 0 Å². The lowest BCUT2D eigenvalue weighted by atomic mass is 9.81. The fourth-order valence-electron chi connectivity index (χ4n) is 4.68. The monoisotopic (exact) mass is 387 g/mol. The molecule has 1 aromatic carbocycles. The average Bonchev–Trinajstić information content (AvgIpc) is 2.95. The SMILES string of the molecule is O=C(CN1C(=O)C2CCCCC2C1=O)N1CCC(Nc2ccc(F)cc2)CC1. The molecule has 2 aliphatic heterocycles. The molecule has 150 valence electrons. The number of amides is 3. The Morgan fingerprint density at radius 3 is 2.11 bits per heavy atom. The summed E-state index contributed by atoms with van der Waals surface area (Å²) in [6.07, 6.45) is 5.04. The van der Waals surface area contributed by atoms with Gasteiger partial charge in [0.1, 0.15) is 12.4 Å². The van der Waals surface area contributed by atoms with Crippen LogP contribution in [0.5, 0.6) is 0 Å². The molecule has 2 atom stereocenters. The summed E-state index contributed by atoms with van der Waals surface area (Å²) >= 11 is 0. The number of benzene rings is 1. The van der Waals surface area contributed by atoms with Crippen LogP contribution >= 0.6 is 0 Å². The summed E-state index contributed by atoms with van der Waals surface area (Å²) in [6, 6.07) is 6.46. The molecule has 4 rings (SSSR count). The number of fused-ring (bicyclic) bond motifs is 1. The van der Waals surface area contributed by atoms with Crippen molar-refractivity contribution in [2.45, 2.75) is 44.6 Å². The zero-order valence-corrected chi connectivity index (χ0v) is 15.9. The molecule has 0 radical (unpaired) electrons. The van der Waals surface area contributed by atoms with E-state index in [9.17, 15) is 18.8 Å². The van der Waals surface area contributed by atoms with Crippen LogP contribution in [0.25, 0.3) is 0 Å². The van der Waals surface area contributed by atoms with Gasteiger partial charge in [-0.2, -0.15) is 0 Å². The number of nitrogens with zero attached hydrogens (tertiary/aromatic N) is 2.